The summed E-state index contributed by atoms with van der Waals surface area (Å²) in [5.74, 6) is 1.02. The van der Waals surface area contributed by atoms with Crippen LogP contribution in [-0.2, 0) is 11.2 Å². The van der Waals surface area contributed by atoms with E-state index in [1.54, 1.807) is 0 Å². The zero-order valence-corrected chi connectivity index (χ0v) is 8.91. The fraction of sp³-hybridized carbons (Fsp3) is 0.462. The number of ketones is 1. The highest BCUT2D eigenvalue weighted by molar-refractivity contribution is 5.81. The van der Waals surface area contributed by atoms with Crippen molar-refractivity contribution in [2.45, 2.75) is 32.1 Å². The van der Waals surface area contributed by atoms with Gasteiger partial charge in [-0.1, -0.05) is 31.4 Å². The molecule has 2 heteroatoms. The number of nitrogen functional groups attached to an aromatic ring is 1. The van der Waals surface area contributed by atoms with Gasteiger partial charge in [0.2, 0.25) is 0 Å². The normalized spacial score (nSPS) is 16.0. The first-order valence-electron chi connectivity index (χ1n) is 5.60. The summed E-state index contributed by atoms with van der Waals surface area (Å²) in [5, 5.41) is 0. The van der Waals surface area contributed by atoms with Crippen molar-refractivity contribution in [2.75, 3.05) is 5.73 Å². The minimum absolute atomic E-state index is 0.352. The summed E-state index contributed by atoms with van der Waals surface area (Å²) in [6.45, 7) is 0. The van der Waals surface area contributed by atoms with Gasteiger partial charge in [-0.25, -0.2) is 0 Å². The fourth-order valence-corrected chi connectivity index (χ4v) is 2.02. The first-order chi connectivity index (χ1) is 7.24. The van der Waals surface area contributed by atoms with Gasteiger partial charge in [0.25, 0.3) is 0 Å². The van der Waals surface area contributed by atoms with E-state index in [2.05, 4.69) is 0 Å². The van der Waals surface area contributed by atoms with Crippen molar-refractivity contribution >= 4 is 11.5 Å². The second kappa shape index (κ2) is 4.47. The standard InChI is InChI=1S/C13H17NO/c14-12-6-2-5-11(7-12)9-13(15)8-10-3-1-4-10/h2,5-7,10H,1,3-4,8-9,14H2. The summed E-state index contributed by atoms with van der Waals surface area (Å²) >= 11 is 0. The van der Waals surface area contributed by atoms with Gasteiger partial charge in [0.15, 0.2) is 0 Å². The maximum atomic E-state index is 11.7. The lowest BCUT2D eigenvalue weighted by molar-refractivity contribution is -0.119. The summed E-state index contributed by atoms with van der Waals surface area (Å²) < 4.78 is 0. The Morgan fingerprint density at radius 3 is 2.80 bits per heavy atom. The molecule has 80 valence electrons. The van der Waals surface area contributed by atoms with E-state index in [4.69, 9.17) is 5.73 Å². The van der Waals surface area contributed by atoms with Crippen LogP contribution in [0.3, 0.4) is 0 Å². The molecule has 2 nitrogen and oxygen atoms in total. The first kappa shape index (κ1) is 10.2. The van der Waals surface area contributed by atoms with E-state index in [0.29, 0.717) is 18.1 Å². The van der Waals surface area contributed by atoms with Gasteiger partial charge in [0, 0.05) is 18.5 Å². The predicted molar refractivity (Wildman–Crippen MR) is 61.5 cm³/mol. The fourth-order valence-electron chi connectivity index (χ4n) is 2.02. The van der Waals surface area contributed by atoms with E-state index in [1.807, 2.05) is 24.3 Å². The molecule has 1 aromatic carbocycles. The van der Waals surface area contributed by atoms with Gasteiger partial charge in [-0.3, -0.25) is 4.79 Å². The van der Waals surface area contributed by atoms with Gasteiger partial charge in [-0.2, -0.15) is 0 Å². The molecule has 0 unspecified atom stereocenters. The highest BCUT2D eigenvalue weighted by atomic mass is 16.1. The monoisotopic (exact) mass is 203 g/mol. The molecule has 2 N–H and O–H groups in total. The third-order valence-electron chi connectivity index (χ3n) is 3.09. The lowest BCUT2D eigenvalue weighted by Crippen LogP contribution is -2.17. The molecule has 0 aliphatic heterocycles. The molecule has 1 aliphatic carbocycles. The minimum Gasteiger partial charge on any atom is -0.399 e. The van der Waals surface area contributed by atoms with Gasteiger partial charge in [-0.05, 0) is 23.6 Å². The minimum atomic E-state index is 0.352. The highest BCUT2D eigenvalue weighted by Gasteiger charge is 2.20. The molecular weight excluding hydrogens is 186 g/mol. The average Bonchev–Trinajstić information content (AvgIpc) is 2.11. The van der Waals surface area contributed by atoms with Crippen molar-refractivity contribution in [2.24, 2.45) is 5.92 Å². The van der Waals surface area contributed by atoms with Gasteiger partial charge in [0.1, 0.15) is 5.78 Å². The summed E-state index contributed by atoms with van der Waals surface area (Å²) in [4.78, 5) is 11.7. The number of nitrogens with two attached hydrogens (primary N) is 1. The Bertz CT molecular complexity index is 355. The Morgan fingerprint density at radius 2 is 2.20 bits per heavy atom. The third-order valence-corrected chi connectivity index (χ3v) is 3.09. The molecule has 0 amide bonds. The molecule has 1 aliphatic rings. The number of anilines is 1. The topological polar surface area (TPSA) is 43.1 Å². The largest absolute Gasteiger partial charge is 0.399 e. The zero-order valence-electron chi connectivity index (χ0n) is 8.91. The van der Waals surface area contributed by atoms with Crippen LogP contribution < -0.4 is 5.73 Å². The number of benzene rings is 1. The van der Waals surface area contributed by atoms with Crippen molar-refractivity contribution in [1.29, 1.82) is 0 Å². The van der Waals surface area contributed by atoms with E-state index in [1.165, 1.54) is 19.3 Å². The van der Waals surface area contributed by atoms with Crippen molar-refractivity contribution in [3.63, 3.8) is 0 Å². The number of Topliss-reactive ketones (excluding diaryl/α,β-unsaturated/α-hetero) is 1. The van der Waals surface area contributed by atoms with Crippen LogP contribution in [0.25, 0.3) is 0 Å². The quantitative estimate of drug-likeness (QED) is 0.764. The Kier molecular flexibility index (Phi) is 3.05. The molecule has 0 bridgehead atoms. The average molecular weight is 203 g/mol. The second-order valence-electron chi connectivity index (χ2n) is 4.46. The smallest absolute Gasteiger partial charge is 0.137 e. The highest BCUT2D eigenvalue weighted by Crippen LogP contribution is 2.29. The summed E-state index contributed by atoms with van der Waals surface area (Å²) in [7, 11) is 0. The van der Waals surface area contributed by atoms with Crippen LogP contribution in [0.1, 0.15) is 31.2 Å². The Balaban J connectivity index is 1.87. The van der Waals surface area contributed by atoms with Gasteiger partial charge in [-0.15, -0.1) is 0 Å². The lowest BCUT2D eigenvalue weighted by atomic mass is 9.81. The van der Waals surface area contributed by atoms with Crippen molar-refractivity contribution in [3.05, 3.63) is 29.8 Å². The number of hydrogen-bond acceptors (Lipinski definition) is 2. The Morgan fingerprint density at radius 1 is 1.40 bits per heavy atom. The van der Waals surface area contributed by atoms with Crippen LogP contribution in [-0.4, -0.2) is 5.78 Å². The predicted octanol–water partition coefficient (Wildman–Crippen LogP) is 2.57. The SMILES string of the molecule is Nc1cccc(CC(=O)CC2CCC2)c1. The van der Waals surface area contributed by atoms with E-state index in [9.17, 15) is 4.79 Å². The number of hydrogen-bond donors (Lipinski definition) is 1. The zero-order chi connectivity index (χ0) is 10.7. The van der Waals surface area contributed by atoms with E-state index < -0.39 is 0 Å². The molecular formula is C13H17NO. The van der Waals surface area contributed by atoms with Crippen LogP contribution >= 0.6 is 0 Å². The van der Waals surface area contributed by atoms with Gasteiger partial charge >= 0.3 is 0 Å². The molecule has 2 rings (SSSR count). The molecule has 1 fully saturated rings. The molecule has 15 heavy (non-hydrogen) atoms. The lowest BCUT2D eigenvalue weighted by Gasteiger charge is -2.24. The molecule has 0 aromatic heterocycles. The second-order valence-corrected chi connectivity index (χ2v) is 4.46. The van der Waals surface area contributed by atoms with Crippen molar-refractivity contribution in [1.82, 2.24) is 0 Å². The molecule has 0 heterocycles. The van der Waals surface area contributed by atoms with Crippen molar-refractivity contribution < 1.29 is 4.79 Å². The van der Waals surface area contributed by atoms with Crippen LogP contribution in [0.5, 0.6) is 0 Å². The molecule has 0 spiro atoms. The summed E-state index contributed by atoms with van der Waals surface area (Å²) in [6, 6.07) is 7.61. The van der Waals surface area contributed by atoms with Gasteiger partial charge < -0.3 is 5.73 Å². The third kappa shape index (κ3) is 2.82. The molecule has 0 radical (unpaired) electrons. The van der Waals surface area contributed by atoms with Crippen molar-refractivity contribution in [3.8, 4) is 0 Å². The van der Waals surface area contributed by atoms with Crippen LogP contribution in [0.15, 0.2) is 24.3 Å². The molecule has 0 atom stereocenters. The molecule has 1 saturated carbocycles. The number of carbonyl (C=O) groups excluding carboxylic acids is 1. The Labute approximate surface area is 90.5 Å². The number of rotatable bonds is 4. The van der Waals surface area contributed by atoms with E-state index >= 15 is 0 Å². The van der Waals surface area contributed by atoms with E-state index in [0.717, 1.165) is 17.7 Å². The molecule has 1 aromatic rings. The van der Waals surface area contributed by atoms with E-state index in [-0.39, 0.29) is 0 Å². The van der Waals surface area contributed by atoms with Crippen LogP contribution in [0, 0.1) is 5.92 Å². The first-order valence-corrected chi connectivity index (χ1v) is 5.60. The van der Waals surface area contributed by atoms with Gasteiger partial charge in [0.05, 0.1) is 0 Å². The van der Waals surface area contributed by atoms with Crippen LogP contribution in [0.2, 0.25) is 0 Å². The molecule has 0 saturated heterocycles. The maximum absolute atomic E-state index is 11.7. The number of carbonyl (C=O) groups is 1. The summed E-state index contributed by atoms with van der Waals surface area (Å²) in [6.07, 6.45) is 5.08. The van der Waals surface area contributed by atoms with Crippen LogP contribution in [0.4, 0.5) is 5.69 Å². The maximum Gasteiger partial charge on any atom is 0.137 e. The summed E-state index contributed by atoms with van der Waals surface area (Å²) in [5.41, 5.74) is 7.44. The Hall–Kier alpha value is -1.31.